The van der Waals surface area contributed by atoms with E-state index in [0.717, 1.165) is 30.8 Å². The molecule has 1 amide bonds. The third-order valence-corrected chi connectivity index (χ3v) is 3.74. The first-order chi connectivity index (χ1) is 10.7. The summed E-state index contributed by atoms with van der Waals surface area (Å²) in [6.07, 6.45) is 5.60. The maximum Gasteiger partial charge on any atom is 0.246 e. The number of thiol groups is 1. The zero-order valence-corrected chi connectivity index (χ0v) is 13.8. The second-order valence-corrected chi connectivity index (χ2v) is 5.79. The Kier molecular flexibility index (Phi) is 6.80. The van der Waals surface area contributed by atoms with Crippen LogP contribution in [-0.2, 0) is 9.53 Å². The monoisotopic (exact) mass is 321 g/mol. The van der Waals surface area contributed by atoms with E-state index in [9.17, 15) is 4.79 Å². The predicted octanol–water partition coefficient (Wildman–Crippen LogP) is 2.99. The van der Waals surface area contributed by atoms with Gasteiger partial charge < -0.3 is 14.4 Å². The fourth-order valence-electron chi connectivity index (χ4n) is 2.11. The summed E-state index contributed by atoms with van der Waals surface area (Å²) in [4.78, 5) is 13.8. The first-order valence-corrected chi connectivity index (χ1v) is 8.20. The van der Waals surface area contributed by atoms with Crippen LogP contribution >= 0.6 is 12.6 Å². The molecule has 1 unspecified atom stereocenters. The molecule has 120 valence electrons. The predicted molar refractivity (Wildman–Crippen MR) is 91.2 cm³/mol. The number of ether oxygens (including phenoxy) is 2. The van der Waals surface area contributed by atoms with Crippen molar-refractivity contribution in [3.05, 3.63) is 35.9 Å². The Morgan fingerprint density at radius 1 is 1.45 bits per heavy atom. The Morgan fingerprint density at radius 2 is 2.23 bits per heavy atom. The van der Waals surface area contributed by atoms with Crippen LogP contribution in [0.15, 0.2) is 30.3 Å². The van der Waals surface area contributed by atoms with Crippen LogP contribution in [0.5, 0.6) is 5.75 Å². The number of unbranched alkanes of at least 4 members (excludes halogenated alkanes) is 1. The first kappa shape index (κ1) is 16.9. The van der Waals surface area contributed by atoms with Crippen molar-refractivity contribution in [2.24, 2.45) is 0 Å². The largest absolute Gasteiger partial charge is 0.494 e. The Morgan fingerprint density at radius 3 is 2.91 bits per heavy atom. The molecule has 1 aromatic rings. The Bertz CT molecular complexity index is 501. The third-order valence-electron chi connectivity index (χ3n) is 3.42. The van der Waals surface area contributed by atoms with Gasteiger partial charge in [0.15, 0.2) is 0 Å². The lowest BCUT2D eigenvalue weighted by Gasteiger charge is -2.29. The second-order valence-electron chi connectivity index (χ2n) is 5.21. The van der Waals surface area contributed by atoms with E-state index in [4.69, 9.17) is 9.47 Å². The highest BCUT2D eigenvalue weighted by atomic mass is 32.1. The molecule has 0 bridgehead atoms. The molecular formula is C17H23NO3S. The summed E-state index contributed by atoms with van der Waals surface area (Å²) >= 11 is 4.25. The summed E-state index contributed by atoms with van der Waals surface area (Å²) in [6.45, 7) is 4.56. The van der Waals surface area contributed by atoms with Crippen molar-refractivity contribution in [3.63, 3.8) is 0 Å². The minimum Gasteiger partial charge on any atom is -0.494 e. The van der Waals surface area contributed by atoms with Crippen LogP contribution in [0.1, 0.15) is 25.3 Å². The van der Waals surface area contributed by atoms with Gasteiger partial charge in [0, 0.05) is 12.6 Å². The van der Waals surface area contributed by atoms with Gasteiger partial charge in [0.2, 0.25) is 5.91 Å². The van der Waals surface area contributed by atoms with Crippen LogP contribution in [0.4, 0.5) is 0 Å². The molecule has 1 aliphatic heterocycles. The number of morpholine rings is 1. The second kappa shape index (κ2) is 8.86. The Balaban J connectivity index is 1.85. The number of amides is 1. The van der Waals surface area contributed by atoms with Crippen molar-refractivity contribution >= 4 is 24.6 Å². The van der Waals surface area contributed by atoms with Gasteiger partial charge in [0.25, 0.3) is 0 Å². The van der Waals surface area contributed by atoms with E-state index in [0.29, 0.717) is 19.7 Å². The van der Waals surface area contributed by atoms with E-state index in [1.807, 2.05) is 30.3 Å². The van der Waals surface area contributed by atoms with Crippen LogP contribution in [-0.4, -0.2) is 42.5 Å². The number of nitrogens with zero attached hydrogens (tertiary/aromatic N) is 1. The lowest BCUT2D eigenvalue weighted by Crippen LogP contribution is -2.43. The minimum atomic E-state index is -0.189. The lowest BCUT2D eigenvalue weighted by atomic mass is 10.2. The average Bonchev–Trinajstić information content (AvgIpc) is 2.54. The van der Waals surface area contributed by atoms with E-state index in [2.05, 4.69) is 19.6 Å². The fourth-order valence-corrected chi connectivity index (χ4v) is 2.42. The van der Waals surface area contributed by atoms with Crippen molar-refractivity contribution in [2.45, 2.75) is 25.2 Å². The van der Waals surface area contributed by atoms with Gasteiger partial charge in [0.05, 0.1) is 19.8 Å². The van der Waals surface area contributed by atoms with Gasteiger partial charge in [-0.15, -0.1) is 12.6 Å². The van der Waals surface area contributed by atoms with E-state index in [1.54, 1.807) is 11.0 Å². The van der Waals surface area contributed by atoms with Crippen molar-refractivity contribution in [2.75, 3.05) is 26.3 Å². The molecule has 4 nitrogen and oxygen atoms in total. The number of rotatable bonds is 6. The topological polar surface area (TPSA) is 38.8 Å². The maximum absolute atomic E-state index is 12.1. The highest BCUT2D eigenvalue weighted by Crippen LogP contribution is 2.14. The van der Waals surface area contributed by atoms with Gasteiger partial charge >= 0.3 is 0 Å². The van der Waals surface area contributed by atoms with Crippen LogP contribution in [0.2, 0.25) is 0 Å². The molecule has 0 radical (unpaired) electrons. The Labute approximate surface area is 137 Å². The van der Waals surface area contributed by atoms with E-state index in [-0.39, 0.29) is 11.3 Å². The summed E-state index contributed by atoms with van der Waals surface area (Å²) in [5.74, 6) is 0.855. The molecule has 1 aromatic carbocycles. The van der Waals surface area contributed by atoms with Gasteiger partial charge in [-0.2, -0.15) is 0 Å². The van der Waals surface area contributed by atoms with Gasteiger partial charge in [-0.05, 0) is 30.2 Å². The fraction of sp³-hybridized carbons (Fsp3) is 0.471. The molecule has 0 saturated carbocycles. The standard InChI is InChI=1S/C17H23NO3S/c1-2-3-11-20-15-7-4-14(5-8-15)6-9-16(19)18-10-12-21-17(22)13-18/h4-9,17,22H,2-3,10-13H2,1H3/b9-6+. The maximum atomic E-state index is 12.1. The van der Waals surface area contributed by atoms with Crippen molar-refractivity contribution < 1.29 is 14.3 Å². The van der Waals surface area contributed by atoms with E-state index >= 15 is 0 Å². The van der Waals surface area contributed by atoms with Crippen LogP contribution in [0.3, 0.4) is 0 Å². The average molecular weight is 321 g/mol. The zero-order valence-electron chi connectivity index (χ0n) is 12.9. The molecule has 2 rings (SSSR count). The minimum absolute atomic E-state index is 0.00868. The molecule has 22 heavy (non-hydrogen) atoms. The third kappa shape index (κ3) is 5.39. The molecule has 1 heterocycles. The normalized spacial score (nSPS) is 18.6. The lowest BCUT2D eigenvalue weighted by molar-refractivity contribution is -0.130. The molecule has 0 aliphatic carbocycles. The molecule has 0 N–H and O–H groups in total. The molecule has 5 heteroatoms. The Hall–Kier alpha value is -1.46. The van der Waals surface area contributed by atoms with E-state index < -0.39 is 0 Å². The summed E-state index contributed by atoms with van der Waals surface area (Å²) in [5.41, 5.74) is 0.789. The van der Waals surface area contributed by atoms with E-state index in [1.165, 1.54) is 0 Å². The van der Waals surface area contributed by atoms with Crippen LogP contribution < -0.4 is 4.74 Å². The summed E-state index contributed by atoms with van der Waals surface area (Å²) in [5, 5.41) is 0. The van der Waals surface area contributed by atoms with Crippen molar-refractivity contribution in [1.82, 2.24) is 4.90 Å². The number of carbonyl (C=O) groups is 1. The van der Waals surface area contributed by atoms with Crippen LogP contribution in [0, 0.1) is 0 Å². The number of hydrogen-bond acceptors (Lipinski definition) is 4. The number of hydrogen-bond donors (Lipinski definition) is 1. The highest BCUT2D eigenvalue weighted by molar-refractivity contribution is 7.80. The van der Waals surface area contributed by atoms with Gasteiger partial charge in [0.1, 0.15) is 11.2 Å². The molecule has 1 atom stereocenters. The molecule has 1 fully saturated rings. The van der Waals surface area contributed by atoms with Crippen molar-refractivity contribution in [3.8, 4) is 5.75 Å². The van der Waals surface area contributed by atoms with Crippen molar-refractivity contribution in [1.29, 1.82) is 0 Å². The number of carbonyl (C=O) groups excluding carboxylic acids is 1. The van der Waals surface area contributed by atoms with Gasteiger partial charge in [-0.25, -0.2) is 0 Å². The molecular weight excluding hydrogens is 298 g/mol. The highest BCUT2D eigenvalue weighted by Gasteiger charge is 2.19. The summed E-state index contributed by atoms with van der Waals surface area (Å²) < 4.78 is 10.9. The first-order valence-electron chi connectivity index (χ1n) is 7.68. The molecule has 1 saturated heterocycles. The van der Waals surface area contributed by atoms with Gasteiger partial charge in [-0.1, -0.05) is 25.5 Å². The van der Waals surface area contributed by atoms with Gasteiger partial charge in [-0.3, -0.25) is 4.79 Å². The smallest absolute Gasteiger partial charge is 0.246 e. The zero-order chi connectivity index (χ0) is 15.8. The molecule has 0 spiro atoms. The summed E-state index contributed by atoms with van der Waals surface area (Å²) in [6, 6.07) is 7.76. The SMILES string of the molecule is CCCCOc1ccc(/C=C/C(=O)N2CCOC(S)C2)cc1. The quantitative estimate of drug-likeness (QED) is 0.497. The molecule has 1 aliphatic rings. The summed E-state index contributed by atoms with van der Waals surface area (Å²) in [7, 11) is 0. The van der Waals surface area contributed by atoms with Crippen LogP contribution in [0.25, 0.3) is 6.08 Å². The molecule has 0 aromatic heterocycles. The number of benzene rings is 1.